The summed E-state index contributed by atoms with van der Waals surface area (Å²) in [6, 6.07) is -1.42. The van der Waals surface area contributed by atoms with Crippen molar-refractivity contribution in [3.05, 3.63) is 0 Å². The third kappa shape index (κ3) is 3.30. The van der Waals surface area contributed by atoms with E-state index in [1.807, 2.05) is 0 Å². The van der Waals surface area contributed by atoms with Crippen molar-refractivity contribution in [2.24, 2.45) is 0 Å². The van der Waals surface area contributed by atoms with Crippen molar-refractivity contribution >= 4 is 6.04 Å². The zero-order valence-electron chi connectivity index (χ0n) is 13.2. The Labute approximate surface area is 134 Å². The second kappa shape index (κ2) is 7.46. The van der Waals surface area contributed by atoms with Gasteiger partial charge in [-0.05, 0) is 0 Å². The maximum atomic E-state index is 6.32. The molecule has 0 N–H and O–H groups in total. The van der Waals surface area contributed by atoms with Gasteiger partial charge in [-0.15, -0.1) is 0 Å². The summed E-state index contributed by atoms with van der Waals surface area (Å²) < 4.78 is 0. The Balaban J connectivity index is 1.79. The van der Waals surface area contributed by atoms with E-state index in [9.17, 15) is 0 Å². The Bertz CT molecular complexity index is 240. The molecule has 20 heavy (non-hydrogen) atoms. The second-order valence-electron chi connectivity index (χ2n) is 7.78. The fraction of sp³-hybridized carbons (Fsp3) is 1.00. The van der Waals surface area contributed by atoms with Crippen LogP contribution in [-0.2, 0) is 15.0 Å². The van der Waals surface area contributed by atoms with Crippen LogP contribution in [0.15, 0.2) is 0 Å². The molecular weight excluding hydrogens is 306 g/mol. The molecular formula is C18H34NiP. The molecule has 0 heterocycles. The predicted molar refractivity (Wildman–Crippen MR) is 88.9 cm³/mol. The third-order valence-electron chi connectivity index (χ3n) is 6.62. The summed E-state index contributed by atoms with van der Waals surface area (Å²) in [5.41, 5.74) is 3.13. The van der Waals surface area contributed by atoms with E-state index in [1.54, 1.807) is 0 Å². The molecule has 3 aliphatic carbocycles. The predicted octanol–water partition coefficient (Wildman–Crippen LogP) is 6.20. The van der Waals surface area contributed by atoms with Gasteiger partial charge in [0.15, 0.2) is 0 Å². The molecule has 0 unspecified atom stereocenters. The van der Waals surface area contributed by atoms with E-state index in [2.05, 4.69) is 0 Å². The Hall–Kier alpha value is 0.924. The fourth-order valence-electron chi connectivity index (χ4n) is 5.58. The molecule has 0 aromatic rings. The Morgan fingerprint density at radius 2 is 0.700 bits per heavy atom. The van der Waals surface area contributed by atoms with Crippen molar-refractivity contribution in [1.82, 2.24) is 0 Å². The minimum absolute atomic E-state index is 1.04. The summed E-state index contributed by atoms with van der Waals surface area (Å²) in [5.74, 6) is 0. The van der Waals surface area contributed by atoms with Crippen LogP contribution in [0.2, 0.25) is 0 Å². The molecule has 2 heteroatoms. The van der Waals surface area contributed by atoms with Crippen LogP contribution in [0.4, 0.5) is 0 Å². The zero-order chi connectivity index (χ0) is 13.8. The van der Waals surface area contributed by atoms with Gasteiger partial charge in [0.25, 0.3) is 0 Å². The van der Waals surface area contributed by atoms with E-state index < -0.39 is 6.04 Å². The first-order valence-corrected chi connectivity index (χ1v) is 13.0. The topological polar surface area (TPSA) is 0 Å². The number of hydrogen-bond donors (Lipinski definition) is 0. The first-order valence-electron chi connectivity index (χ1n) is 9.47. The van der Waals surface area contributed by atoms with Crippen LogP contribution in [0.1, 0.15) is 96.3 Å². The summed E-state index contributed by atoms with van der Waals surface area (Å²) in [6.07, 6.45) is 22.7. The van der Waals surface area contributed by atoms with Crippen molar-refractivity contribution < 1.29 is 15.0 Å². The van der Waals surface area contributed by atoms with Crippen molar-refractivity contribution in [2.45, 2.75) is 113 Å². The molecule has 0 saturated heterocycles. The van der Waals surface area contributed by atoms with Crippen molar-refractivity contribution in [2.75, 3.05) is 0 Å². The van der Waals surface area contributed by atoms with Crippen molar-refractivity contribution in [3.63, 3.8) is 0 Å². The molecule has 3 rings (SSSR count). The molecule has 0 nitrogen and oxygen atoms in total. The van der Waals surface area contributed by atoms with Crippen LogP contribution >= 0.6 is 6.04 Å². The van der Waals surface area contributed by atoms with Crippen LogP contribution in [0, 0.1) is 0 Å². The van der Waals surface area contributed by atoms with Gasteiger partial charge in [-0.2, -0.15) is 0 Å². The first kappa shape index (κ1) is 15.8. The Morgan fingerprint density at radius 3 is 0.950 bits per heavy atom. The Kier molecular flexibility index (Phi) is 5.90. The fourth-order valence-corrected chi connectivity index (χ4v) is 13.9. The molecule has 3 fully saturated rings. The average Bonchev–Trinajstić information content (AvgIpc) is 2.56. The molecule has 0 aromatic heterocycles. The SMILES string of the molecule is [Ni][PH](C1CCCCC1)(C1CCCCC1)C1CCCCC1. The number of hydrogen-bond acceptors (Lipinski definition) is 0. The van der Waals surface area contributed by atoms with Crippen LogP contribution in [0.5, 0.6) is 0 Å². The summed E-state index contributed by atoms with van der Waals surface area (Å²) in [6.45, 7) is 0. The molecule has 121 valence electrons. The van der Waals surface area contributed by atoms with E-state index in [0.717, 1.165) is 17.0 Å². The summed E-state index contributed by atoms with van der Waals surface area (Å²) in [5, 5.41) is 0. The standard InChI is InChI=1S/C18H33P.Ni/c1-4-10-16(11-5-1)19(17-12-6-2-7-13-17)18-14-8-3-9-15-18;/h16-18H,1-15H2;/q;-1/p+1. The van der Waals surface area contributed by atoms with E-state index >= 15 is 0 Å². The van der Waals surface area contributed by atoms with Gasteiger partial charge < -0.3 is 0 Å². The van der Waals surface area contributed by atoms with E-state index in [4.69, 9.17) is 15.0 Å². The normalized spacial score (nSPS) is 29.5. The van der Waals surface area contributed by atoms with Crippen LogP contribution < -0.4 is 0 Å². The molecule has 0 radical (unpaired) electrons. The molecule has 0 atom stereocenters. The molecule has 3 saturated carbocycles. The quantitative estimate of drug-likeness (QED) is 0.424. The van der Waals surface area contributed by atoms with Gasteiger partial charge in [-0.3, -0.25) is 0 Å². The summed E-state index contributed by atoms with van der Waals surface area (Å²) >= 11 is 6.32. The molecule has 0 aromatic carbocycles. The Morgan fingerprint density at radius 1 is 0.450 bits per heavy atom. The average molecular weight is 340 g/mol. The third-order valence-corrected chi connectivity index (χ3v) is 15.6. The van der Waals surface area contributed by atoms with Gasteiger partial charge in [0.2, 0.25) is 0 Å². The monoisotopic (exact) mass is 339 g/mol. The zero-order valence-corrected chi connectivity index (χ0v) is 15.1. The minimum atomic E-state index is -1.42. The molecule has 0 spiro atoms. The van der Waals surface area contributed by atoms with Gasteiger partial charge in [0, 0.05) is 0 Å². The second-order valence-corrected chi connectivity index (χ2v) is 14.3. The maximum absolute atomic E-state index is 6.32. The molecule has 0 aliphatic heterocycles. The van der Waals surface area contributed by atoms with Crippen molar-refractivity contribution in [1.29, 1.82) is 0 Å². The van der Waals surface area contributed by atoms with E-state index in [1.165, 1.54) is 96.3 Å². The molecule has 0 amide bonds. The van der Waals surface area contributed by atoms with E-state index in [0.29, 0.717) is 0 Å². The first-order chi connectivity index (χ1) is 9.82. The molecule has 0 bridgehead atoms. The van der Waals surface area contributed by atoms with Gasteiger partial charge in [0.1, 0.15) is 0 Å². The summed E-state index contributed by atoms with van der Waals surface area (Å²) in [4.78, 5) is 0. The summed E-state index contributed by atoms with van der Waals surface area (Å²) in [7, 11) is 0. The van der Waals surface area contributed by atoms with Gasteiger partial charge in [0.05, 0.1) is 0 Å². The number of rotatable bonds is 3. The van der Waals surface area contributed by atoms with Crippen LogP contribution in [-0.4, -0.2) is 17.0 Å². The van der Waals surface area contributed by atoms with Crippen LogP contribution in [0.3, 0.4) is 0 Å². The van der Waals surface area contributed by atoms with Gasteiger partial charge in [-0.1, -0.05) is 0 Å². The van der Waals surface area contributed by atoms with Gasteiger partial charge in [-0.25, -0.2) is 0 Å². The van der Waals surface area contributed by atoms with Crippen LogP contribution in [0.25, 0.3) is 0 Å². The van der Waals surface area contributed by atoms with Crippen molar-refractivity contribution in [3.8, 4) is 0 Å². The van der Waals surface area contributed by atoms with E-state index in [-0.39, 0.29) is 0 Å². The molecule has 3 aliphatic rings. The van der Waals surface area contributed by atoms with Gasteiger partial charge >= 0.3 is 134 Å².